The van der Waals surface area contributed by atoms with Crippen LogP contribution >= 0.6 is 25.6 Å². The number of nitrogens with zero attached hydrogens (tertiary/aromatic N) is 1. The van der Waals surface area contributed by atoms with Crippen molar-refractivity contribution in [3.8, 4) is 0 Å². The first kappa shape index (κ1) is 5.97. The molecule has 0 fully saturated rings. The van der Waals surface area contributed by atoms with Crippen LogP contribution in [0.3, 0.4) is 0 Å². The summed E-state index contributed by atoms with van der Waals surface area (Å²) in [4.78, 5) is 9.69. The smallest absolute Gasteiger partial charge is 0.334 e. The molecule has 0 aromatic carbocycles. The third-order valence-corrected chi connectivity index (χ3v) is 0.591. The van der Waals surface area contributed by atoms with Gasteiger partial charge in [-0.05, 0) is 0 Å². The zero-order chi connectivity index (χ0) is 5.15. The van der Waals surface area contributed by atoms with Gasteiger partial charge in [0.1, 0.15) is 0 Å². The molecule has 0 atom stereocenters. The number of urea groups is 1. The zero-order valence-electron chi connectivity index (χ0n) is 2.83. The average molecular weight is 124 g/mol. The van der Waals surface area contributed by atoms with Crippen molar-refractivity contribution in [2.75, 3.05) is 0 Å². The molecule has 0 aromatic rings. The van der Waals surface area contributed by atoms with Crippen LogP contribution < -0.4 is 5.73 Å². The molecule has 0 radical (unpaired) electrons. The number of hydrogen-bond acceptors (Lipinski definition) is 3. The molecule has 0 aliphatic carbocycles. The molecule has 0 rings (SSSR count). The number of hydrogen-bond donors (Lipinski definition) is 3. The predicted octanol–water partition coefficient (Wildman–Crippen LogP) is 0.0567. The van der Waals surface area contributed by atoms with Crippen molar-refractivity contribution in [1.82, 2.24) is 3.71 Å². The van der Waals surface area contributed by atoms with Crippen LogP contribution in [0.1, 0.15) is 0 Å². The van der Waals surface area contributed by atoms with Gasteiger partial charge >= 0.3 is 6.03 Å². The molecule has 0 aliphatic rings. The molecule has 0 spiro atoms. The Morgan fingerprint density at radius 2 is 1.83 bits per heavy atom. The van der Waals surface area contributed by atoms with Crippen LogP contribution in [0, 0.1) is 0 Å². The molecular formula is CH4N2OS2. The van der Waals surface area contributed by atoms with Crippen molar-refractivity contribution in [3.05, 3.63) is 0 Å². The van der Waals surface area contributed by atoms with E-state index >= 15 is 0 Å². The van der Waals surface area contributed by atoms with Gasteiger partial charge < -0.3 is 5.73 Å². The van der Waals surface area contributed by atoms with Crippen molar-refractivity contribution in [1.29, 1.82) is 0 Å². The van der Waals surface area contributed by atoms with E-state index in [0.29, 0.717) is 3.71 Å². The van der Waals surface area contributed by atoms with Gasteiger partial charge in [-0.25, -0.2) is 8.51 Å². The van der Waals surface area contributed by atoms with Crippen LogP contribution in [0.5, 0.6) is 0 Å². The molecule has 0 unspecified atom stereocenters. The number of thiol groups is 2. The summed E-state index contributed by atoms with van der Waals surface area (Å²) in [5.74, 6) is 0. The molecule has 0 aromatic heterocycles. The molecule has 6 heavy (non-hydrogen) atoms. The second kappa shape index (κ2) is 2.20. The van der Waals surface area contributed by atoms with Crippen LogP contribution in [0.2, 0.25) is 0 Å². The zero-order valence-corrected chi connectivity index (χ0v) is 4.62. The van der Waals surface area contributed by atoms with Crippen LogP contribution in [0.4, 0.5) is 4.79 Å². The minimum atomic E-state index is -0.679. The van der Waals surface area contributed by atoms with E-state index in [1.165, 1.54) is 0 Å². The van der Waals surface area contributed by atoms with Gasteiger partial charge in [0.05, 0.1) is 0 Å². The number of carbonyl (C=O) groups excluding carboxylic acids is 1. The van der Waals surface area contributed by atoms with E-state index in [-0.39, 0.29) is 0 Å². The van der Waals surface area contributed by atoms with E-state index in [4.69, 9.17) is 0 Å². The van der Waals surface area contributed by atoms with Gasteiger partial charge in [-0.1, -0.05) is 25.6 Å². The standard InChI is InChI=1S/CH4N2OS2/c2-1(4)3(5)6/h5-6H,(H2,2,4). The van der Waals surface area contributed by atoms with Gasteiger partial charge in [0.2, 0.25) is 0 Å². The number of nitrogens with two attached hydrogens (primary N) is 1. The fourth-order valence-electron chi connectivity index (χ4n) is 0. The first-order valence-electron chi connectivity index (χ1n) is 1.12. The van der Waals surface area contributed by atoms with Crippen molar-refractivity contribution in [3.63, 3.8) is 0 Å². The normalized spacial score (nSPS) is 7.67. The first-order valence-corrected chi connectivity index (χ1v) is 1.92. The second-order valence-corrected chi connectivity index (χ2v) is 1.74. The summed E-state index contributed by atoms with van der Waals surface area (Å²) < 4.78 is 0.694. The quantitative estimate of drug-likeness (QED) is 0.393. The Hall–Kier alpha value is -0.0300. The summed E-state index contributed by atoms with van der Waals surface area (Å²) in [6, 6.07) is -0.679. The van der Waals surface area contributed by atoms with Gasteiger partial charge in [-0.2, -0.15) is 0 Å². The fraction of sp³-hybridized carbons (Fsp3) is 0. The van der Waals surface area contributed by atoms with E-state index in [9.17, 15) is 4.79 Å². The number of primary amides is 1. The minimum Gasteiger partial charge on any atom is -0.350 e. The van der Waals surface area contributed by atoms with Gasteiger partial charge in [-0.3, -0.25) is 0 Å². The van der Waals surface area contributed by atoms with Crippen LogP contribution in [0.15, 0.2) is 0 Å². The maximum Gasteiger partial charge on any atom is 0.334 e. The van der Waals surface area contributed by atoms with E-state index in [0.717, 1.165) is 0 Å². The molecule has 0 heterocycles. The summed E-state index contributed by atoms with van der Waals surface area (Å²) in [7, 11) is 0. The van der Waals surface area contributed by atoms with E-state index in [1.807, 2.05) is 0 Å². The number of carbonyl (C=O) groups is 1. The molecule has 2 N–H and O–H groups in total. The highest BCUT2D eigenvalue weighted by atomic mass is 32.2. The Balaban J connectivity index is 3.26. The third-order valence-electron chi connectivity index (χ3n) is 0.197. The van der Waals surface area contributed by atoms with Crippen molar-refractivity contribution >= 4 is 31.7 Å². The maximum absolute atomic E-state index is 9.69. The molecule has 0 bridgehead atoms. The Morgan fingerprint density at radius 1 is 1.67 bits per heavy atom. The minimum absolute atomic E-state index is 0.679. The van der Waals surface area contributed by atoms with Gasteiger partial charge in [0.25, 0.3) is 0 Å². The van der Waals surface area contributed by atoms with E-state index < -0.39 is 6.03 Å². The first-order chi connectivity index (χ1) is 2.64. The van der Waals surface area contributed by atoms with Gasteiger partial charge in [0.15, 0.2) is 0 Å². The second-order valence-electron chi connectivity index (χ2n) is 0.628. The largest absolute Gasteiger partial charge is 0.350 e. The van der Waals surface area contributed by atoms with Crippen molar-refractivity contribution in [2.45, 2.75) is 0 Å². The molecule has 5 heteroatoms. The Kier molecular flexibility index (Phi) is 2.19. The fourth-order valence-corrected chi connectivity index (χ4v) is 0. The Labute approximate surface area is 46.6 Å². The molecular weight excluding hydrogens is 120 g/mol. The topological polar surface area (TPSA) is 46.3 Å². The van der Waals surface area contributed by atoms with Crippen molar-refractivity contribution < 1.29 is 4.79 Å². The predicted molar refractivity (Wildman–Crippen MR) is 29.4 cm³/mol. The summed E-state index contributed by atoms with van der Waals surface area (Å²) >= 11 is 6.83. The lowest BCUT2D eigenvalue weighted by Crippen LogP contribution is -2.18. The summed E-state index contributed by atoms with van der Waals surface area (Å²) in [5.41, 5.74) is 4.57. The number of amides is 2. The highest BCUT2D eigenvalue weighted by Crippen LogP contribution is 1.92. The SMILES string of the molecule is NC(=O)N(S)S. The van der Waals surface area contributed by atoms with Crippen LogP contribution in [-0.2, 0) is 0 Å². The van der Waals surface area contributed by atoms with Gasteiger partial charge in [0, 0.05) is 0 Å². The molecule has 36 valence electrons. The molecule has 0 aliphatic heterocycles. The average Bonchev–Trinajstić information content (AvgIpc) is 1.36. The molecule has 3 nitrogen and oxygen atoms in total. The molecule has 0 saturated carbocycles. The third kappa shape index (κ3) is 2.22. The van der Waals surface area contributed by atoms with Crippen molar-refractivity contribution in [2.24, 2.45) is 5.73 Å². The van der Waals surface area contributed by atoms with Crippen LogP contribution in [-0.4, -0.2) is 9.74 Å². The lowest BCUT2D eigenvalue weighted by Gasteiger charge is -1.97. The number of rotatable bonds is 0. The van der Waals surface area contributed by atoms with Crippen LogP contribution in [0.25, 0.3) is 0 Å². The Morgan fingerprint density at radius 3 is 1.83 bits per heavy atom. The highest BCUT2D eigenvalue weighted by Gasteiger charge is 1.91. The highest BCUT2D eigenvalue weighted by molar-refractivity contribution is 7.94. The lowest BCUT2D eigenvalue weighted by atomic mass is 11.2. The monoisotopic (exact) mass is 124 g/mol. The van der Waals surface area contributed by atoms with Gasteiger partial charge in [-0.15, -0.1) is 0 Å². The molecule has 0 saturated heterocycles. The Bertz CT molecular complexity index is 62.6. The summed E-state index contributed by atoms with van der Waals surface area (Å²) in [5, 5.41) is 0. The molecule has 2 amide bonds. The van der Waals surface area contributed by atoms with E-state index in [2.05, 4.69) is 31.4 Å². The lowest BCUT2D eigenvalue weighted by molar-refractivity contribution is 0.247. The maximum atomic E-state index is 9.69. The van der Waals surface area contributed by atoms with E-state index in [1.54, 1.807) is 0 Å². The summed E-state index contributed by atoms with van der Waals surface area (Å²) in [6.07, 6.45) is 0. The summed E-state index contributed by atoms with van der Waals surface area (Å²) in [6.45, 7) is 0.